The van der Waals surface area contributed by atoms with Gasteiger partial charge in [0, 0.05) is 4.90 Å². The molecule has 2 aromatic rings. The molecular weight excluding hydrogens is 171 g/mol. The van der Waals surface area contributed by atoms with Crippen molar-refractivity contribution in [1.29, 1.82) is 0 Å². The van der Waals surface area contributed by atoms with Gasteiger partial charge in [0.15, 0.2) is 0 Å². The summed E-state index contributed by atoms with van der Waals surface area (Å²) in [7, 11) is 0. The zero-order valence-corrected chi connectivity index (χ0v) is 7.18. The highest BCUT2D eigenvalue weighted by Gasteiger charge is 2.01. The van der Waals surface area contributed by atoms with Gasteiger partial charge in [-0.15, -0.1) is 12.6 Å². The Morgan fingerprint density at radius 1 is 1.00 bits per heavy atom. The highest BCUT2D eigenvalue weighted by Crippen LogP contribution is 2.23. The van der Waals surface area contributed by atoms with Gasteiger partial charge < -0.3 is 0 Å². The second-order valence-corrected chi connectivity index (χ2v) is 3.06. The average molecular weight is 178 g/mol. The molecule has 0 spiro atoms. The molecule has 2 aromatic carbocycles. The predicted octanol–water partition coefficient (Wildman–Crippen LogP) is 3.27. The Hall–Kier alpha value is -1.02. The van der Waals surface area contributed by atoms with E-state index in [4.69, 9.17) is 0 Å². The third-order valence-corrected chi connectivity index (χ3v) is 2.31. The summed E-state index contributed by atoms with van der Waals surface area (Å²) in [6.07, 6.45) is 0. The van der Waals surface area contributed by atoms with Gasteiger partial charge in [0.05, 0.1) is 0 Å². The van der Waals surface area contributed by atoms with Crippen LogP contribution in [-0.4, -0.2) is 0 Å². The van der Waals surface area contributed by atoms with Gasteiger partial charge in [-0.2, -0.15) is 0 Å². The summed E-state index contributed by atoms with van der Waals surface area (Å²) in [6.45, 7) is 0. The Bertz CT molecular complexity index is 423. The lowest BCUT2D eigenvalue weighted by atomic mass is 10.1. The van der Waals surface area contributed by atoms with Gasteiger partial charge in [0.1, 0.15) is 5.82 Å². The molecule has 0 N–H and O–H groups in total. The van der Waals surface area contributed by atoms with Crippen LogP contribution in [0.15, 0.2) is 41.3 Å². The summed E-state index contributed by atoms with van der Waals surface area (Å²) in [5.74, 6) is -0.267. The number of rotatable bonds is 0. The minimum Gasteiger partial charge on any atom is -0.206 e. The molecule has 0 radical (unpaired) electrons. The average Bonchev–Trinajstić information content (AvgIpc) is 2.12. The van der Waals surface area contributed by atoms with Crippen molar-refractivity contribution in [1.82, 2.24) is 0 Å². The lowest BCUT2D eigenvalue weighted by Crippen LogP contribution is -1.79. The molecule has 0 atom stereocenters. The summed E-state index contributed by atoms with van der Waals surface area (Å²) >= 11 is 4.09. The lowest BCUT2D eigenvalue weighted by Gasteiger charge is -2.00. The van der Waals surface area contributed by atoms with Crippen LogP contribution in [0.3, 0.4) is 0 Å². The van der Waals surface area contributed by atoms with Crippen LogP contribution in [0, 0.1) is 5.82 Å². The van der Waals surface area contributed by atoms with Crippen LogP contribution in [0.5, 0.6) is 0 Å². The number of benzene rings is 2. The Morgan fingerprint density at radius 3 is 2.58 bits per heavy atom. The second-order valence-electron chi connectivity index (χ2n) is 2.62. The normalized spacial score (nSPS) is 10.5. The third kappa shape index (κ3) is 1.08. The molecule has 0 aliphatic rings. The first-order valence-electron chi connectivity index (χ1n) is 3.65. The third-order valence-electron chi connectivity index (χ3n) is 1.85. The SMILES string of the molecule is Fc1ccc2ccccc2c1S. The van der Waals surface area contributed by atoms with E-state index in [0.29, 0.717) is 4.90 Å². The molecular formula is C10H7FS. The molecule has 0 aliphatic carbocycles. The van der Waals surface area contributed by atoms with Crippen molar-refractivity contribution >= 4 is 23.4 Å². The van der Waals surface area contributed by atoms with Crippen molar-refractivity contribution < 1.29 is 4.39 Å². The fourth-order valence-electron chi connectivity index (χ4n) is 1.23. The molecule has 0 saturated carbocycles. The second kappa shape index (κ2) is 2.79. The van der Waals surface area contributed by atoms with Gasteiger partial charge in [0.2, 0.25) is 0 Å². The molecule has 0 heterocycles. The summed E-state index contributed by atoms with van der Waals surface area (Å²) in [6, 6.07) is 10.8. The molecule has 0 bridgehead atoms. The Kier molecular flexibility index (Phi) is 1.77. The number of hydrogen-bond donors (Lipinski definition) is 1. The topological polar surface area (TPSA) is 0 Å². The highest BCUT2D eigenvalue weighted by atomic mass is 32.1. The van der Waals surface area contributed by atoms with E-state index in [1.54, 1.807) is 6.07 Å². The summed E-state index contributed by atoms with van der Waals surface area (Å²) in [5.41, 5.74) is 0. The van der Waals surface area contributed by atoms with Gasteiger partial charge >= 0.3 is 0 Å². The highest BCUT2D eigenvalue weighted by molar-refractivity contribution is 7.80. The Morgan fingerprint density at radius 2 is 1.75 bits per heavy atom. The molecule has 0 amide bonds. The van der Waals surface area contributed by atoms with Crippen molar-refractivity contribution in [2.45, 2.75) is 4.90 Å². The Labute approximate surface area is 75.4 Å². The van der Waals surface area contributed by atoms with E-state index >= 15 is 0 Å². The van der Waals surface area contributed by atoms with Crippen LogP contribution < -0.4 is 0 Å². The zero-order chi connectivity index (χ0) is 8.55. The predicted molar refractivity (Wildman–Crippen MR) is 51.2 cm³/mol. The van der Waals surface area contributed by atoms with E-state index in [9.17, 15) is 4.39 Å². The van der Waals surface area contributed by atoms with Gasteiger partial charge in [-0.1, -0.05) is 30.3 Å². The van der Waals surface area contributed by atoms with Gasteiger partial charge in [-0.25, -0.2) is 4.39 Å². The number of thiol groups is 1. The van der Waals surface area contributed by atoms with E-state index < -0.39 is 0 Å². The van der Waals surface area contributed by atoms with E-state index in [1.165, 1.54) is 6.07 Å². The molecule has 0 fully saturated rings. The largest absolute Gasteiger partial charge is 0.206 e. The molecule has 0 unspecified atom stereocenters. The van der Waals surface area contributed by atoms with Crippen molar-refractivity contribution in [2.24, 2.45) is 0 Å². The quantitative estimate of drug-likeness (QED) is 0.588. The minimum atomic E-state index is -0.267. The molecule has 0 aliphatic heterocycles. The smallest absolute Gasteiger partial charge is 0.137 e. The monoisotopic (exact) mass is 178 g/mol. The van der Waals surface area contributed by atoms with Gasteiger partial charge in [-0.3, -0.25) is 0 Å². The maximum Gasteiger partial charge on any atom is 0.137 e. The standard InChI is InChI=1S/C10H7FS/c11-9-6-5-7-3-1-2-4-8(7)10(9)12/h1-6,12H. The molecule has 2 rings (SSSR count). The van der Waals surface area contributed by atoms with Gasteiger partial charge in [-0.05, 0) is 16.8 Å². The first kappa shape index (κ1) is 7.62. The molecule has 0 saturated heterocycles. The number of hydrogen-bond acceptors (Lipinski definition) is 1. The van der Waals surface area contributed by atoms with Crippen LogP contribution in [0.2, 0.25) is 0 Å². The summed E-state index contributed by atoms with van der Waals surface area (Å²) in [4.78, 5) is 0.424. The van der Waals surface area contributed by atoms with E-state index in [1.807, 2.05) is 24.3 Å². The van der Waals surface area contributed by atoms with E-state index in [-0.39, 0.29) is 5.82 Å². The molecule has 12 heavy (non-hydrogen) atoms. The van der Waals surface area contributed by atoms with Crippen LogP contribution >= 0.6 is 12.6 Å². The maximum absolute atomic E-state index is 13.0. The van der Waals surface area contributed by atoms with Crippen LogP contribution in [0.4, 0.5) is 4.39 Å². The van der Waals surface area contributed by atoms with Crippen LogP contribution in [-0.2, 0) is 0 Å². The Balaban J connectivity index is 2.91. The first-order chi connectivity index (χ1) is 5.79. The number of fused-ring (bicyclic) bond motifs is 1. The minimum absolute atomic E-state index is 0.267. The van der Waals surface area contributed by atoms with Crippen molar-refractivity contribution in [2.75, 3.05) is 0 Å². The summed E-state index contributed by atoms with van der Waals surface area (Å²) in [5, 5.41) is 1.88. The maximum atomic E-state index is 13.0. The fraction of sp³-hybridized carbons (Fsp3) is 0. The first-order valence-corrected chi connectivity index (χ1v) is 4.10. The molecule has 60 valence electrons. The van der Waals surface area contributed by atoms with E-state index in [2.05, 4.69) is 12.6 Å². The van der Waals surface area contributed by atoms with Crippen LogP contribution in [0.1, 0.15) is 0 Å². The van der Waals surface area contributed by atoms with Gasteiger partial charge in [0.25, 0.3) is 0 Å². The molecule has 0 aromatic heterocycles. The van der Waals surface area contributed by atoms with Crippen molar-refractivity contribution in [3.63, 3.8) is 0 Å². The fourth-order valence-corrected chi connectivity index (χ4v) is 1.51. The number of halogens is 1. The van der Waals surface area contributed by atoms with Crippen molar-refractivity contribution in [3.05, 3.63) is 42.2 Å². The van der Waals surface area contributed by atoms with Crippen molar-refractivity contribution in [3.8, 4) is 0 Å². The van der Waals surface area contributed by atoms with E-state index in [0.717, 1.165) is 10.8 Å². The van der Waals surface area contributed by atoms with Crippen LogP contribution in [0.25, 0.3) is 10.8 Å². The molecule has 0 nitrogen and oxygen atoms in total. The summed E-state index contributed by atoms with van der Waals surface area (Å²) < 4.78 is 13.0. The lowest BCUT2D eigenvalue weighted by molar-refractivity contribution is 0.606. The zero-order valence-electron chi connectivity index (χ0n) is 6.29. The molecule has 2 heteroatoms.